The average molecular weight is 266 g/mol. The highest BCUT2D eigenvalue weighted by Gasteiger charge is 2.09. The van der Waals surface area contributed by atoms with Gasteiger partial charge in [-0.2, -0.15) is 5.26 Å². The Kier molecular flexibility index (Phi) is 4.56. The Hall–Kier alpha value is -2.54. The molecule has 0 aliphatic carbocycles. The predicted octanol–water partition coefficient (Wildman–Crippen LogP) is 2.95. The summed E-state index contributed by atoms with van der Waals surface area (Å²) in [5, 5.41) is 8.91. The van der Waals surface area contributed by atoms with Gasteiger partial charge < -0.3 is 10.6 Å². The van der Waals surface area contributed by atoms with E-state index in [0.29, 0.717) is 5.69 Å². The van der Waals surface area contributed by atoms with Crippen molar-refractivity contribution in [2.24, 2.45) is 0 Å². The summed E-state index contributed by atoms with van der Waals surface area (Å²) in [5.74, 6) is 0. The molecule has 0 spiro atoms. The van der Waals surface area contributed by atoms with Gasteiger partial charge in [0.25, 0.3) is 0 Å². The molecule has 2 aromatic rings. The van der Waals surface area contributed by atoms with Crippen molar-refractivity contribution in [3.63, 3.8) is 0 Å². The van der Waals surface area contributed by atoms with Crippen molar-refractivity contribution in [2.75, 3.05) is 17.2 Å². The third-order valence-corrected chi connectivity index (χ3v) is 3.08. The maximum atomic E-state index is 8.91. The molecular formula is C16H18N4. The minimum atomic E-state index is 0.444. The lowest BCUT2D eigenvalue weighted by Crippen LogP contribution is -2.24. The minimum absolute atomic E-state index is 0.444. The number of para-hydroxylation sites is 2. The van der Waals surface area contributed by atoms with Crippen LogP contribution in [0.3, 0.4) is 0 Å². The molecule has 102 valence electrons. The van der Waals surface area contributed by atoms with E-state index in [1.165, 1.54) is 0 Å². The number of nitrogens with zero attached hydrogens (tertiary/aromatic N) is 3. The van der Waals surface area contributed by atoms with Crippen LogP contribution in [0.4, 0.5) is 11.4 Å². The number of hydrogen-bond acceptors (Lipinski definition) is 4. The molecule has 1 aromatic carbocycles. The molecule has 0 atom stereocenters. The second kappa shape index (κ2) is 6.58. The Morgan fingerprint density at radius 1 is 1.30 bits per heavy atom. The van der Waals surface area contributed by atoms with E-state index in [0.717, 1.165) is 36.4 Å². The number of nitriles is 1. The zero-order valence-electron chi connectivity index (χ0n) is 11.6. The van der Waals surface area contributed by atoms with Gasteiger partial charge in [0.1, 0.15) is 11.8 Å². The highest BCUT2D eigenvalue weighted by Crippen LogP contribution is 2.24. The molecule has 0 saturated heterocycles. The molecule has 4 heteroatoms. The number of anilines is 2. The van der Waals surface area contributed by atoms with Gasteiger partial charge in [0.2, 0.25) is 0 Å². The van der Waals surface area contributed by atoms with Crippen molar-refractivity contribution in [1.82, 2.24) is 4.98 Å². The van der Waals surface area contributed by atoms with Crippen molar-refractivity contribution in [2.45, 2.75) is 19.9 Å². The molecule has 0 saturated carbocycles. The SMILES string of the molecule is CCCN(Cc1ccnc(C#N)c1)c1ccccc1N. The lowest BCUT2D eigenvalue weighted by atomic mass is 10.1. The van der Waals surface area contributed by atoms with Gasteiger partial charge in [-0.15, -0.1) is 0 Å². The fraction of sp³-hybridized carbons (Fsp3) is 0.250. The monoisotopic (exact) mass is 266 g/mol. The van der Waals surface area contributed by atoms with Crippen LogP contribution in [-0.2, 0) is 6.54 Å². The summed E-state index contributed by atoms with van der Waals surface area (Å²) in [5.41, 5.74) is 9.37. The zero-order chi connectivity index (χ0) is 14.4. The van der Waals surface area contributed by atoms with Crippen molar-refractivity contribution < 1.29 is 0 Å². The van der Waals surface area contributed by atoms with Crippen LogP contribution >= 0.6 is 0 Å². The Bertz CT molecular complexity index is 616. The number of pyridine rings is 1. The number of nitrogens with two attached hydrogens (primary N) is 1. The average Bonchev–Trinajstić information content (AvgIpc) is 2.47. The smallest absolute Gasteiger partial charge is 0.140 e. The van der Waals surface area contributed by atoms with Gasteiger partial charge >= 0.3 is 0 Å². The summed E-state index contributed by atoms with van der Waals surface area (Å²) in [6.45, 7) is 3.77. The summed E-state index contributed by atoms with van der Waals surface area (Å²) in [4.78, 5) is 6.23. The van der Waals surface area contributed by atoms with Gasteiger partial charge in [0, 0.05) is 19.3 Å². The van der Waals surface area contributed by atoms with E-state index in [9.17, 15) is 0 Å². The standard InChI is InChI=1S/C16H18N4/c1-2-9-20(16-6-4-3-5-15(16)18)12-13-7-8-19-14(10-13)11-17/h3-8,10H,2,9,12,18H2,1H3. The Balaban J connectivity index is 2.26. The van der Waals surface area contributed by atoms with E-state index in [1.54, 1.807) is 6.20 Å². The van der Waals surface area contributed by atoms with Crippen LogP contribution in [0.15, 0.2) is 42.6 Å². The summed E-state index contributed by atoms with van der Waals surface area (Å²) in [7, 11) is 0. The van der Waals surface area contributed by atoms with E-state index < -0.39 is 0 Å². The zero-order valence-corrected chi connectivity index (χ0v) is 11.6. The number of benzene rings is 1. The van der Waals surface area contributed by atoms with E-state index in [1.807, 2.05) is 36.4 Å². The quantitative estimate of drug-likeness (QED) is 0.845. The van der Waals surface area contributed by atoms with Crippen LogP contribution in [0, 0.1) is 11.3 Å². The molecule has 0 amide bonds. The summed E-state index contributed by atoms with van der Waals surface area (Å²) >= 11 is 0. The maximum absolute atomic E-state index is 8.91. The first-order valence-electron chi connectivity index (χ1n) is 6.69. The normalized spacial score (nSPS) is 10.0. The lowest BCUT2D eigenvalue weighted by Gasteiger charge is -2.25. The molecule has 0 aliphatic heterocycles. The Morgan fingerprint density at radius 3 is 2.80 bits per heavy atom. The second-order valence-corrected chi connectivity index (χ2v) is 4.64. The van der Waals surface area contributed by atoms with Crippen LogP contribution < -0.4 is 10.6 Å². The van der Waals surface area contributed by atoms with E-state index in [-0.39, 0.29) is 0 Å². The van der Waals surface area contributed by atoms with Gasteiger partial charge in [0.15, 0.2) is 0 Å². The summed E-state index contributed by atoms with van der Waals surface area (Å²) in [6, 6.07) is 13.7. The van der Waals surface area contributed by atoms with E-state index in [2.05, 4.69) is 22.9 Å². The van der Waals surface area contributed by atoms with Crippen LogP contribution in [0.25, 0.3) is 0 Å². The Morgan fingerprint density at radius 2 is 2.10 bits per heavy atom. The van der Waals surface area contributed by atoms with Crippen LogP contribution in [0.2, 0.25) is 0 Å². The lowest BCUT2D eigenvalue weighted by molar-refractivity contribution is 0.767. The fourth-order valence-corrected chi connectivity index (χ4v) is 2.18. The third kappa shape index (κ3) is 3.27. The van der Waals surface area contributed by atoms with E-state index >= 15 is 0 Å². The molecule has 0 bridgehead atoms. The molecule has 20 heavy (non-hydrogen) atoms. The van der Waals surface area contributed by atoms with Crippen LogP contribution in [-0.4, -0.2) is 11.5 Å². The van der Waals surface area contributed by atoms with Crippen molar-refractivity contribution in [3.8, 4) is 6.07 Å². The molecule has 1 heterocycles. The molecule has 1 aromatic heterocycles. The first kappa shape index (κ1) is 13.9. The van der Waals surface area contributed by atoms with Crippen molar-refractivity contribution in [1.29, 1.82) is 5.26 Å². The molecule has 0 radical (unpaired) electrons. The largest absolute Gasteiger partial charge is 0.397 e. The number of nitrogen functional groups attached to an aromatic ring is 1. The van der Waals surface area contributed by atoms with Gasteiger partial charge in [-0.3, -0.25) is 0 Å². The summed E-state index contributed by atoms with van der Waals surface area (Å²) in [6.07, 6.45) is 2.71. The van der Waals surface area contributed by atoms with Gasteiger partial charge in [0.05, 0.1) is 11.4 Å². The molecule has 4 nitrogen and oxygen atoms in total. The van der Waals surface area contributed by atoms with Gasteiger partial charge in [-0.1, -0.05) is 19.1 Å². The van der Waals surface area contributed by atoms with Crippen molar-refractivity contribution >= 4 is 11.4 Å². The molecule has 2 N–H and O–H groups in total. The predicted molar refractivity (Wildman–Crippen MR) is 81.1 cm³/mol. The summed E-state index contributed by atoms with van der Waals surface area (Å²) < 4.78 is 0. The second-order valence-electron chi connectivity index (χ2n) is 4.64. The van der Waals surface area contributed by atoms with Crippen molar-refractivity contribution in [3.05, 3.63) is 53.9 Å². The van der Waals surface area contributed by atoms with Gasteiger partial charge in [-0.05, 0) is 36.2 Å². The molecule has 0 fully saturated rings. The fourth-order valence-electron chi connectivity index (χ4n) is 2.18. The third-order valence-electron chi connectivity index (χ3n) is 3.08. The molecule has 0 aliphatic rings. The molecule has 0 unspecified atom stereocenters. The highest BCUT2D eigenvalue weighted by atomic mass is 15.1. The maximum Gasteiger partial charge on any atom is 0.140 e. The van der Waals surface area contributed by atoms with E-state index in [4.69, 9.17) is 11.0 Å². The molecule has 2 rings (SSSR count). The topological polar surface area (TPSA) is 65.9 Å². The van der Waals surface area contributed by atoms with Crippen LogP contribution in [0.5, 0.6) is 0 Å². The van der Waals surface area contributed by atoms with Gasteiger partial charge in [-0.25, -0.2) is 4.98 Å². The molecular weight excluding hydrogens is 248 g/mol. The Labute approximate surface area is 119 Å². The number of hydrogen-bond donors (Lipinski definition) is 1. The minimum Gasteiger partial charge on any atom is -0.397 e. The first-order chi connectivity index (χ1) is 9.74. The highest BCUT2D eigenvalue weighted by molar-refractivity contribution is 5.67. The van der Waals surface area contributed by atoms with Crippen LogP contribution in [0.1, 0.15) is 24.6 Å². The number of rotatable bonds is 5. The first-order valence-corrected chi connectivity index (χ1v) is 6.69. The number of aromatic nitrogens is 1.